The van der Waals surface area contributed by atoms with E-state index in [0.29, 0.717) is 17.7 Å². The van der Waals surface area contributed by atoms with Crippen molar-refractivity contribution >= 4 is 38.7 Å². The number of hydrogen-bond donors (Lipinski definition) is 1. The summed E-state index contributed by atoms with van der Waals surface area (Å²) < 4.78 is 2.37. The number of anilines is 1. The first kappa shape index (κ1) is 16.4. The van der Waals surface area contributed by atoms with E-state index < -0.39 is 0 Å². The molecule has 2 aromatic heterocycles. The number of hydrogen-bond acceptors (Lipinski definition) is 5. The lowest BCUT2D eigenvalue weighted by Crippen LogP contribution is -2.28. The van der Waals surface area contributed by atoms with E-state index in [0.717, 1.165) is 22.4 Å². The van der Waals surface area contributed by atoms with Crippen LogP contribution >= 0.6 is 15.9 Å². The third-order valence-corrected chi connectivity index (χ3v) is 4.26. The van der Waals surface area contributed by atoms with Gasteiger partial charge >= 0.3 is 0 Å². The number of aryl methyl sites for hydroxylation is 1. The molecule has 0 aliphatic carbocycles. The highest BCUT2D eigenvalue weighted by molar-refractivity contribution is 9.10. The van der Waals surface area contributed by atoms with E-state index in [1.165, 1.54) is 6.33 Å². The second-order valence-corrected chi connectivity index (χ2v) is 6.18. The van der Waals surface area contributed by atoms with Gasteiger partial charge in [-0.05, 0) is 21.5 Å². The summed E-state index contributed by atoms with van der Waals surface area (Å²) >= 11 is 3.47. The van der Waals surface area contributed by atoms with Gasteiger partial charge in [-0.25, -0.2) is 14.6 Å². The van der Waals surface area contributed by atoms with Crippen LogP contribution in [0.1, 0.15) is 12.0 Å². The molecule has 24 heavy (non-hydrogen) atoms. The van der Waals surface area contributed by atoms with Gasteiger partial charge in [0.25, 0.3) is 0 Å². The summed E-state index contributed by atoms with van der Waals surface area (Å²) in [5, 5.41) is 5.17. The fourth-order valence-electron chi connectivity index (χ4n) is 2.57. The van der Waals surface area contributed by atoms with Crippen LogP contribution in [0.15, 0.2) is 41.3 Å². The van der Waals surface area contributed by atoms with Gasteiger partial charge in [-0.1, -0.05) is 30.3 Å². The first-order chi connectivity index (χ1) is 11.6. The predicted molar refractivity (Wildman–Crippen MR) is 95.3 cm³/mol. The molecule has 0 atom stereocenters. The summed E-state index contributed by atoms with van der Waals surface area (Å²) in [4.78, 5) is 22.0. The Morgan fingerprint density at radius 1 is 1.29 bits per heavy atom. The van der Waals surface area contributed by atoms with Crippen LogP contribution in [0.2, 0.25) is 0 Å². The van der Waals surface area contributed by atoms with Crippen molar-refractivity contribution in [1.29, 1.82) is 0 Å². The largest absolute Gasteiger partial charge is 0.370 e. The van der Waals surface area contributed by atoms with Crippen molar-refractivity contribution in [1.82, 2.24) is 19.7 Å². The highest BCUT2D eigenvalue weighted by atomic mass is 79.9. The number of carbonyl (C=O) groups is 1. The second-order valence-electron chi connectivity index (χ2n) is 5.43. The zero-order valence-corrected chi connectivity index (χ0v) is 14.8. The molecule has 1 aromatic carbocycles. The van der Waals surface area contributed by atoms with E-state index in [9.17, 15) is 4.79 Å². The van der Waals surface area contributed by atoms with Gasteiger partial charge in [-0.3, -0.25) is 4.79 Å². The van der Waals surface area contributed by atoms with Gasteiger partial charge in [-0.2, -0.15) is 5.10 Å². The number of carbonyl (C=O) groups excluding carboxylic acids is 1. The van der Waals surface area contributed by atoms with Crippen LogP contribution in [0.4, 0.5) is 5.82 Å². The summed E-state index contributed by atoms with van der Waals surface area (Å²) in [6.07, 6.45) is 1.75. The van der Waals surface area contributed by atoms with E-state index in [1.54, 1.807) is 4.68 Å². The van der Waals surface area contributed by atoms with Crippen molar-refractivity contribution < 1.29 is 4.79 Å². The molecular formula is C16H17BrN6O. The van der Waals surface area contributed by atoms with Crippen LogP contribution in [-0.2, 0) is 18.4 Å². The van der Waals surface area contributed by atoms with E-state index >= 15 is 0 Å². The molecule has 0 radical (unpaired) electrons. The minimum absolute atomic E-state index is 0.246. The molecule has 0 fully saturated rings. The summed E-state index contributed by atoms with van der Waals surface area (Å²) in [5.74, 6) is 0.383. The first-order valence-corrected chi connectivity index (χ1v) is 8.26. The van der Waals surface area contributed by atoms with Crippen molar-refractivity contribution in [3.63, 3.8) is 0 Å². The van der Waals surface area contributed by atoms with Crippen molar-refractivity contribution in [3.8, 4) is 0 Å². The Bertz CT molecular complexity index is 864. The van der Waals surface area contributed by atoms with Crippen molar-refractivity contribution in [3.05, 3.63) is 46.8 Å². The summed E-state index contributed by atoms with van der Waals surface area (Å²) in [6, 6.07) is 10.0. The van der Waals surface area contributed by atoms with Crippen LogP contribution in [0.25, 0.3) is 11.0 Å². The summed E-state index contributed by atoms with van der Waals surface area (Å²) in [6.45, 7) is 1.08. The van der Waals surface area contributed by atoms with Crippen LogP contribution in [0.5, 0.6) is 0 Å². The zero-order valence-electron chi connectivity index (χ0n) is 13.2. The third-order valence-electron chi connectivity index (χ3n) is 3.70. The molecule has 0 saturated heterocycles. The van der Waals surface area contributed by atoms with E-state index in [1.807, 2.05) is 42.3 Å². The van der Waals surface area contributed by atoms with Gasteiger partial charge in [0, 0.05) is 26.6 Å². The summed E-state index contributed by atoms with van der Waals surface area (Å²) in [7, 11) is 1.83. The number of halogens is 1. The second kappa shape index (κ2) is 6.96. The Kier molecular flexibility index (Phi) is 4.75. The lowest BCUT2D eigenvalue weighted by molar-refractivity contribution is -0.117. The number of amides is 1. The Hall–Kier alpha value is -2.48. The molecular weight excluding hydrogens is 372 g/mol. The third kappa shape index (κ3) is 3.38. The topological polar surface area (TPSA) is 89.9 Å². The number of primary amides is 1. The summed E-state index contributed by atoms with van der Waals surface area (Å²) in [5.41, 5.74) is 7.18. The Labute approximate surface area is 147 Å². The molecule has 0 aliphatic rings. The first-order valence-electron chi connectivity index (χ1n) is 7.46. The van der Waals surface area contributed by atoms with Gasteiger partial charge in [0.2, 0.25) is 5.91 Å². The highest BCUT2D eigenvalue weighted by Gasteiger charge is 2.19. The smallest absolute Gasteiger partial charge is 0.219 e. The molecule has 3 rings (SSSR count). The molecule has 3 aromatic rings. The number of benzene rings is 1. The molecule has 2 heterocycles. The van der Waals surface area contributed by atoms with Gasteiger partial charge in [0.15, 0.2) is 5.65 Å². The standard InChI is InChI=1S/C16H17BrN6O/c1-22-15-13(14(17)21-22)16(20-10-19-15)23(8-7-12(18)24)9-11-5-3-2-4-6-11/h2-6,10H,7-9H2,1H3,(H2,18,24). The number of nitrogens with two attached hydrogens (primary N) is 1. The molecule has 2 N–H and O–H groups in total. The molecule has 0 spiro atoms. The lowest BCUT2D eigenvalue weighted by atomic mass is 10.2. The van der Waals surface area contributed by atoms with Crippen LogP contribution in [0.3, 0.4) is 0 Å². The van der Waals surface area contributed by atoms with Crippen molar-refractivity contribution in [2.45, 2.75) is 13.0 Å². The monoisotopic (exact) mass is 388 g/mol. The quantitative estimate of drug-likeness (QED) is 0.697. The van der Waals surface area contributed by atoms with E-state index in [4.69, 9.17) is 5.73 Å². The minimum atomic E-state index is -0.344. The number of aromatic nitrogens is 4. The predicted octanol–water partition coefficient (Wildman–Crippen LogP) is 2.01. The van der Waals surface area contributed by atoms with Gasteiger partial charge < -0.3 is 10.6 Å². The fraction of sp³-hybridized carbons (Fsp3) is 0.250. The van der Waals surface area contributed by atoms with Gasteiger partial charge in [0.05, 0.1) is 5.39 Å². The van der Waals surface area contributed by atoms with E-state index in [-0.39, 0.29) is 12.3 Å². The van der Waals surface area contributed by atoms with Crippen molar-refractivity contribution in [2.24, 2.45) is 12.8 Å². The Balaban J connectivity index is 2.03. The van der Waals surface area contributed by atoms with Gasteiger partial charge in [0.1, 0.15) is 16.7 Å². The maximum Gasteiger partial charge on any atom is 0.219 e. The van der Waals surface area contributed by atoms with Crippen molar-refractivity contribution in [2.75, 3.05) is 11.4 Å². The molecule has 8 heteroatoms. The molecule has 124 valence electrons. The SMILES string of the molecule is Cn1nc(Br)c2c(N(CCC(N)=O)Cc3ccccc3)ncnc21. The number of fused-ring (bicyclic) bond motifs is 1. The fourth-order valence-corrected chi connectivity index (χ4v) is 3.17. The van der Waals surface area contributed by atoms with Crippen LogP contribution in [-0.4, -0.2) is 32.2 Å². The van der Waals surface area contributed by atoms with Gasteiger partial charge in [-0.15, -0.1) is 0 Å². The Morgan fingerprint density at radius 3 is 2.75 bits per heavy atom. The number of rotatable bonds is 6. The normalized spacial score (nSPS) is 10.9. The molecule has 1 amide bonds. The molecule has 0 bridgehead atoms. The maximum atomic E-state index is 11.3. The van der Waals surface area contributed by atoms with Crippen LogP contribution in [0, 0.1) is 0 Å². The average Bonchev–Trinajstić information content (AvgIpc) is 2.87. The maximum absolute atomic E-state index is 11.3. The number of nitrogens with zero attached hydrogens (tertiary/aromatic N) is 5. The average molecular weight is 389 g/mol. The Morgan fingerprint density at radius 2 is 2.04 bits per heavy atom. The lowest BCUT2D eigenvalue weighted by Gasteiger charge is -2.24. The molecule has 0 saturated carbocycles. The van der Waals surface area contributed by atoms with Crippen LogP contribution < -0.4 is 10.6 Å². The molecule has 0 unspecified atom stereocenters. The highest BCUT2D eigenvalue weighted by Crippen LogP contribution is 2.30. The van der Waals surface area contributed by atoms with E-state index in [2.05, 4.69) is 31.0 Å². The molecule has 7 nitrogen and oxygen atoms in total. The molecule has 0 aliphatic heterocycles. The minimum Gasteiger partial charge on any atom is -0.370 e. The zero-order chi connectivity index (χ0) is 17.1.